The first-order chi connectivity index (χ1) is 18.6. The molecule has 5 aromatic rings. The summed E-state index contributed by atoms with van der Waals surface area (Å²) < 4.78 is 2.02. The zero-order valence-corrected chi connectivity index (χ0v) is 23.2. The van der Waals surface area contributed by atoms with Gasteiger partial charge in [-0.05, 0) is 68.0 Å². The average Bonchev–Trinajstić information content (AvgIpc) is 3.52. The number of thiophene rings is 1. The summed E-state index contributed by atoms with van der Waals surface area (Å²) >= 11 is 4.79. The lowest BCUT2D eigenvalue weighted by molar-refractivity contribution is -0.113. The van der Waals surface area contributed by atoms with E-state index in [4.69, 9.17) is 4.98 Å². The van der Waals surface area contributed by atoms with Crippen molar-refractivity contribution in [2.45, 2.75) is 48.7 Å². The van der Waals surface area contributed by atoms with Gasteiger partial charge in [0.05, 0.1) is 11.1 Å². The summed E-state index contributed by atoms with van der Waals surface area (Å²) in [6.45, 7) is 1.52. The van der Waals surface area contributed by atoms with Gasteiger partial charge in [-0.15, -0.1) is 21.5 Å². The minimum Gasteiger partial charge on any atom is -0.325 e. The number of benzene rings is 2. The fraction of sp³-hybridized carbons (Fsp3) is 0.250. The van der Waals surface area contributed by atoms with Gasteiger partial charge in [-0.25, -0.2) is 9.38 Å². The molecule has 38 heavy (non-hydrogen) atoms. The molecule has 7 nitrogen and oxygen atoms in total. The molecule has 192 valence electrons. The lowest BCUT2D eigenvalue weighted by Crippen LogP contribution is -2.14. The molecule has 1 aliphatic carbocycles. The van der Waals surface area contributed by atoms with Crippen molar-refractivity contribution in [3.63, 3.8) is 0 Å². The third-order valence-corrected chi connectivity index (χ3v) is 9.64. The van der Waals surface area contributed by atoms with Crippen LogP contribution in [0, 0.1) is 0 Å². The van der Waals surface area contributed by atoms with Gasteiger partial charge in [0.1, 0.15) is 4.83 Å². The van der Waals surface area contributed by atoms with Crippen molar-refractivity contribution in [3.8, 4) is 0 Å². The second kappa shape index (κ2) is 10.9. The number of Topliss-reactive ketones (excluding diaryl/α,β-unsaturated/α-hetero) is 1. The Morgan fingerprint density at radius 3 is 2.55 bits per heavy atom. The molecular weight excluding hydrogens is 535 g/mol. The standard InChI is InChI=1S/C28H25N5O2S3/c1-17(34)19-11-13-20(14-12-19)29-23(35)16-37-28-32-31-25-24-21-9-5-6-10-22(21)38-26(24)30-27(33(25)28)36-15-18-7-3-2-4-8-18/h2-4,7-8,11-14H,5-6,9-10,15-16H2,1H3,(H,29,35). The van der Waals surface area contributed by atoms with Gasteiger partial charge < -0.3 is 5.32 Å². The number of carbonyl (C=O) groups is 2. The number of aryl methyl sites for hydroxylation is 2. The number of nitrogens with zero attached hydrogens (tertiary/aromatic N) is 4. The summed E-state index contributed by atoms with van der Waals surface area (Å²) in [5, 5.41) is 14.6. The Hall–Kier alpha value is -3.21. The number of nitrogens with one attached hydrogen (secondary N) is 1. The Kier molecular flexibility index (Phi) is 7.18. The molecule has 0 bridgehead atoms. The normalized spacial score (nSPS) is 13.1. The zero-order valence-electron chi connectivity index (χ0n) is 20.8. The number of hydrogen-bond acceptors (Lipinski definition) is 8. The quantitative estimate of drug-likeness (QED) is 0.133. The Morgan fingerprint density at radius 2 is 1.76 bits per heavy atom. The minimum absolute atomic E-state index is 0.00680. The van der Waals surface area contributed by atoms with Gasteiger partial charge in [0.25, 0.3) is 0 Å². The molecule has 0 aliphatic heterocycles. The van der Waals surface area contributed by atoms with Crippen LogP contribution in [0.3, 0.4) is 0 Å². The largest absolute Gasteiger partial charge is 0.325 e. The van der Waals surface area contributed by atoms with Crippen molar-refractivity contribution in [3.05, 3.63) is 76.2 Å². The minimum atomic E-state index is -0.150. The molecule has 0 atom stereocenters. The number of carbonyl (C=O) groups excluding carboxylic acids is 2. The molecule has 2 aromatic carbocycles. The van der Waals surface area contributed by atoms with E-state index in [1.54, 1.807) is 47.4 Å². The van der Waals surface area contributed by atoms with Crippen LogP contribution in [-0.4, -0.2) is 37.0 Å². The second-order valence-electron chi connectivity index (χ2n) is 9.17. The molecule has 0 spiro atoms. The van der Waals surface area contributed by atoms with Crippen molar-refractivity contribution < 1.29 is 9.59 Å². The molecular formula is C28H25N5O2S3. The van der Waals surface area contributed by atoms with Crippen LogP contribution in [0.4, 0.5) is 5.69 Å². The molecule has 3 heterocycles. The monoisotopic (exact) mass is 559 g/mol. The van der Waals surface area contributed by atoms with Crippen LogP contribution in [0.1, 0.15) is 46.1 Å². The maximum Gasteiger partial charge on any atom is 0.234 e. The average molecular weight is 560 g/mol. The number of ketones is 1. The first-order valence-corrected chi connectivity index (χ1v) is 15.3. The van der Waals surface area contributed by atoms with E-state index in [0.29, 0.717) is 16.4 Å². The van der Waals surface area contributed by atoms with Crippen molar-refractivity contribution >= 4 is 68.1 Å². The number of fused-ring (bicyclic) bond motifs is 5. The van der Waals surface area contributed by atoms with E-state index in [9.17, 15) is 9.59 Å². The predicted octanol–water partition coefficient (Wildman–Crippen LogP) is 6.44. The van der Waals surface area contributed by atoms with E-state index in [1.807, 2.05) is 22.6 Å². The van der Waals surface area contributed by atoms with Crippen LogP contribution in [0.25, 0.3) is 15.9 Å². The molecule has 1 amide bonds. The third-order valence-electron chi connectivity index (χ3n) is 6.52. The maximum atomic E-state index is 12.7. The first-order valence-electron chi connectivity index (χ1n) is 12.5. The maximum absolute atomic E-state index is 12.7. The zero-order chi connectivity index (χ0) is 26.1. The second-order valence-corrected chi connectivity index (χ2v) is 12.1. The molecule has 3 aromatic heterocycles. The van der Waals surface area contributed by atoms with Crippen LogP contribution in [0.2, 0.25) is 0 Å². The Bertz CT molecular complexity index is 1640. The Labute approximate surface area is 232 Å². The van der Waals surface area contributed by atoms with Gasteiger partial charge >= 0.3 is 0 Å². The van der Waals surface area contributed by atoms with Crippen molar-refractivity contribution in [2.75, 3.05) is 11.1 Å². The smallest absolute Gasteiger partial charge is 0.234 e. The van der Waals surface area contributed by atoms with Crippen molar-refractivity contribution in [1.82, 2.24) is 19.6 Å². The van der Waals surface area contributed by atoms with Gasteiger partial charge in [0.15, 0.2) is 21.7 Å². The number of amides is 1. The fourth-order valence-electron chi connectivity index (χ4n) is 4.63. The number of thioether (sulfide) groups is 2. The highest BCUT2D eigenvalue weighted by Crippen LogP contribution is 2.40. The summed E-state index contributed by atoms with van der Waals surface area (Å²) in [6, 6.07) is 17.2. The SMILES string of the molecule is CC(=O)c1ccc(NC(=O)CSc2nnc3c4c5c(sc4nc(SCc4ccccc4)n23)CCCC5)cc1. The summed E-state index contributed by atoms with van der Waals surface area (Å²) in [7, 11) is 0. The molecule has 1 aliphatic rings. The highest BCUT2D eigenvalue weighted by atomic mass is 32.2. The highest BCUT2D eigenvalue weighted by molar-refractivity contribution is 8.00. The lowest BCUT2D eigenvalue weighted by Gasteiger charge is -2.11. The van der Waals surface area contributed by atoms with Gasteiger partial charge in [0, 0.05) is 21.9 Å². The number of rotatable bonds is 8. The molecule has 10 heteroatoms. The van der Waals surface area contributed by atoms with Crippen molar-refractivity contribution in [1.29, 1.82) is 0 Å². The summed E-state index contributed by atoms with van der Waals surface area (Å²) in [5.41, 5.74) is 4.67. The number of hydrogen-bond donors (Lipinski definition) is 1. The summed E-state index contributed by atoms with van der Waals surface area (Å²) in [5.74, 6) is 0.798. The van der Waals surface area contributed by atoms with Gasteiger partial charge in [-0.2, -0.15) is 0 Å². The van der Waals surface area contributed by atoms with Crippen LogP contribution in [0.5, 0.6) is 0 Å². The van der Waals surface area contributed by atoms with E-state index in [2.05, 4.69) is 27.6 Å². The van der Waals surface area contributed by atoms with Crippen molar-refractivity contribution in [2.24, 2.45) is 0 Å². The lowest BCUT2D eigenvalue weighted by atomic mass is 9.97. The molecule has 1 N–H and O–H groups in total. The predicted molar refractivity (Wildman–Crippen MR) is 155 cm³/mol. The van der Waals surface area contributed by atoms with E-state index in [0.717, 1.165) is 39.6 Å². The van der Waals surface area contributed by atoms with Gasteiger partial charge in [-0.3, -0.25) is 9.59 Å². The molecule has 0 radical (unpaired) electrons. The van der Waals surface area contributed by atoms with Crippen LogP contribution >= 0.6 is 34.9 Å². The van der Waals surface area contributed by atoms with E-state index >= 15 is 0 Å². The van der Waals surface area contributed by atoms with Gasteiger partial charge in [-0.1, -0.05) is 53.9 Å². The van der Waals surface area contributed by atoms with E-state index in [1.165, 1.54) is 47.5 Å². The third kappa shape index (κ3) is 5.08. The van der Waals surface area contributed by atoms with Gasteiger partial charge in [0.2, 0.25) is 5.91 Å². The van der Waals surface area contributed by atoms with Crippen LogP contribution in [0.15, 0.2) is 64.9 Å². The number of aromatic nitrogens is 4. The number of anilines is 1. The molecule has 0 saturated heterocycles. The molecule has 6 rings (SSSR count). The Balaban J connectivity index is 1.29. The highest BCUT2D eigenvalue weighted by Gasteiger charge is 2.24. The fourth-order valence-corrected chi connectivity index (χ4v) is 7.68. The first kappa shape index (κ1) is 25.1. The summed E-state index contributed by atoms with van der Waals surface area (Å²) in [4.78, 5) is 31.8. The van der Waals surface area contributed by atoms with E-state index < -0.39 is 0 Å². The molecule has 0 fully saturated rings. The molecule has 0 unspecified atom stereocenters. The molecule has 0 saturated carbocycles. The Morgan fingerprint density at radius 1 is 0.974 bits per heavy atom. The van der Waals surface area contributed by atoms with Crippen LogP contribution < -0.4 is 5.32 Å². The van der Waals surface area contributed by atoms with E-state index in [-0.39, 0.29) is 17.4 Å². The topological polar surface area (TPSA) is 89.2 Å². The van der Waals surface area contributed by atoms with Crippen LogP contribution in [-0.2, 0) is 23.4 Å². The summed E-state index contributed by atoms with van der Waals surface area (Å²) in [6.07, 6.45) is 4.53.